The lowest BCUT2D eigenvalue weighted by molar-refractivity contribution is 0.0543. The Morgan fingerprint density at radius 3 is 1.33 bits per heavy atom. The van der Waals surface area contributed by atoms with E-state index in [0.717, 1.165) is 44.3 Å². The Bertz CT molecular complexity index is 2000. The predicted octanol–water partition coefficient (Wildman–Crippen LogP) is 11.5. The third-order valence-electron chi connectivity index (χ3n) is 7.92. The van der Waals surface area contributed by atoms with E-state index in [-0.39, 0.29) is 0 Å². The van der Waals surface area contributed by atoms with E-state index in [1.807, 2.05) is 93.6 Å². The topological polar surface area (TPSA) is 37.7 Å². The van der Waals surface area contributed by atoms with Gasteiger partial charge in [-0.05, 0) is 80.1 Å². The first-order chi connectivity index (χ1) is 22.4. The molecule has 0 spiro atoms. The summed E-state index contributed by atoms with van der Waals surface area (Å²) >= 11 is 0. The third-order valence-corrected chi connectivity index (χ3v) is 7.92. The molecule has 0 aliphatic carbocycles. The van der Waals surface area contributed by atoms with E-state index in [4.69, 9.17) is 4.74 Å². The van der Waals surface area contributed by atoms with Gasteiger partial charge in [-0.15, -0.1) is 0 Å². The van der Waals surface area contributed by atoms with Crippen molar-refractivity contribution >= 4 is 62.0 Å². The van der Waals surface area contributed by atoms with Gasteiger partial charge in [0.2, 0.25) is 0 Å². The van der Waals surface area contributed by atoms with Crippen LogP contribution in [0.15, 0.2) is 158 Å². The molecular formula is C41H35N3O2. The molecule has 5 heteroatoms. The van der Waals surface area contributed by atoms with E-state index >= 15 is 0 Å². The predicted molar refractivity (Wildman–Crippen MR) is 190 cm³/mol. The normalized spacial score (nSPS) is 11.5. The van der Waals surface area contributed by atoms with E-state index in [1.165, 1.54) is 0 Å². The molecule has 6 aromatic carbocycles. The fourth-order valence-electron chi connectivity index (χ4n) is 6.01. The molecule has 5 nitrogen and oxygen atoms in total. The monoisotopic (exact) mass is 601 g/mol. The zero-order valence-corrected chi connectivity index (χ0v) is 26.2. The molecule has 7 rings (SSSR count). The molecule has 0 amide bonds. The van der Waals surface area contributed by atoms with Crippen LogP contribution in [0.25, 0.3) is 21.5 Å². The van der Waals surface area contributed by atoms with Crippen molar-refractivity contribution in [2.75, 3.05) is 9.80 Å². The van der Waals surface area contributed by atoms with E-state index in [1.54, 1.807) is 4.57 Å². The Morgan fingerprint density at radius 1 is 0.500 bits per heavy atom. The second kappa shape index (κ2) is 11.9. The van der Waals surface area contributed by atoms with Crippen LogP contribution < -0.4 is 9.80 Å². The van der Waals surface area contributed by atoms with E-state index in [9.17, 15) is 4.79 Å². The molecule has 0 unspecified atom stereocenters. The lowest BCUT2D eigenvalue weighted by Crippen LogP contribution is -2.30. The summed E-state index contributed by atoms with van der Waals surface area (Å²) in [5, 5.41) is 4.36. The van der Waals surface area contributed by atoms with Gasteiger partial charge in [-0.3, -0.25) is 9.80 Å². The summed E-state index contributed by atoms with van der Waals surface area (Å²) in [5.74, 6) is 1.32. The van der Waals surface area contributed by atoms with Crippen LogP contribution in [0.2, 0.25) is 0 Å². The van der Waals surface area contributed by atoms with Crippen LogP contribution in [0.1, 0.15) is 20.8 Å². The minimum Gasteiger partial charge on any atom is -0.443 e. The number of carbonyl (C=O) groups is 1. The van der Waals surface area contributed by atoms with Crippen molar-refractivity contribution < 1.29 is 9.53 Å². The molecular weight excluding hydrogens is 566 g/mol. The Labute approximate surface area is 269 Å². The van der Waals surface area contributed by atoms with Crippen molar-refractivity contribution in [3.63, 3.8) is 0 Å². The van der Waals surface area contributed by atoms with Gasteiger partial charge < -0.3 is 4.74 Å². The number of nitrogens with zero attached hydrogens (tertiary/aromatic N) is 3. The average Bonchev–Trinajstić information content (AvgIpc) is 3.50. The van der Waals surface area contributed by atoms with Crippen LogP contribution >= 0.6 is 0 Å². The van der Waals surface area contributed by atoms with Crippen molar-refractivity contribution in [2.24, 2.45) is 0 Å². The Morgan fingerprint density at radius 2 is 0.891 bits per heavy atom. The van der Waals surface area contributed by atoms with Crippen LogP contribution in [-0.4, -0.2) is 16.3 Å². The number of carbonyl (C=O) groups excluding carboxylic acids is 1. The molecule has 0 atom stereocenters. The van der Waals surface area contributed by atoms with Crippen LogP contribution in [0.3, 0.4) is 0 Å². The second-order valence-electron chi connectivity index (χ2n) is 12.2. The Hall–Kier alpha value is -5.81. The number of hydrogen-bond acceptors (Lipinski definition) is 4. The molecule has 0 saturated carbocycles. The molecule has 0 bridgehead atoms. The van der Waals surface area contributed by atoms with Gasteiger partial charge in [0.1, 0.15) is 17.2 Å². The molecule has 0 aliphatic rings. The Kier molecular flexibility index (Phi) is 7.51. The molecule has 0 N–H and O–H groups in total. The lowest BCUT2D eigenvalue weighted by Gasteiger charge is -2.31. The van der Waals surface area contributed by atoms with Crippen molar-refractivity contribution in [1.29, 1.82) is 0 Å². The van der Waals surface area contributed by atoms with Gasteiger partial charge in [0.05, 0.1) is 11.4 Å². The van der Waals surface area contributed by atoms with Gasteiger partial charge in [0.15, 0.2) is 0 Å². The minimum atomic E-state index is -0.718. The zero-order chi connectivity index (χ0) is 31.7. The molecule has 0 fully saturated rings. The average molecular weight is 602 g/mol. The largest absolute Gasteiger partial charge is 0.443 e. The van der Waals surface area contributed by atoms with E-state index in [0.29, 0.717) is 11.6 Å². The smallest absolute Gasteiger partial charge is 0.421 e. The SMILES string of the molecule is CC(C)(C)OC(=O)n1c(N(c2ccccc2)c2cccc3ccccc23)ccc1N(c1ccccc1)c1cccc2ccccc12. The first-order valence-corrected chi connectivity index (χ1v) is 15.5. The number of aromatic nitrogens is 1. The summed E-state index contributed by atoms with van der Waals surface area (Å²) in [6.07, 6.45) is -0.468. The van der Waals surface area contributed by atoms with Crippen molar-refractivity contribution in [3.8, 4) is 0 Å². The fourth-order valence-corrected chi connectivity index (χ4v) is 6.01. The number of anilines is 6. The first-order valence-electron chi connectivity index (χ1n) is 15.5. The molecule has 226 valence electrons. The van der Waals surface area contributed by atoms with Crippen molar-refractivity contribution in [1.82, 2.24) is 4.57 Å². The number of benzene rings is 6. The quantitative estimate of drug-likeness (QED) is 0.190. The summed E-state index contributed by atoms with van der Waals surface area (Å²) in [7, 11) is 0. The van der Waals surface area contributed by atoms with Crippen LogP contribution in [-0.2, 0) is 4.74 Å². The number of para-hydroxylation sites is 2. The highest BCUT2D eigenvalue weighted by Crippen LogP contribution is 2.45. The standard InChI is InChI=1S/C41H35N3O2/c1-41(2,3)46-40(45)44-38(42(32-20-6-4-7-21-32)36-26-14-18-30-16-10-12-24-34(30)36)28-29-39(44)43(33-22-8-5-9-23-33)37-27-15-19-31-17-11-13-25-35(31)37/h4-29H,1-3H3. The molecule has 1 aromatic heterocycles. The highest BCUT2D eigenvalue weighted by atomic mass is 16.6. The molecule has 7 aromatic rings. The van der Waals surface area contributed by atoms with Crippen LogP contribution in [0, 0.1) is 0 Å². The highest BCUT2D eigenvalue weighted by molar-refractivity contribution is 6.02. The summed E-state index contributed by atoms with van der Waals surface area (Å²) in [4.78, 5) is 18.8. The molecule has 46 heavy (non-hydrogen) atoms. The second-order valence-corrected chi connectivity index (χ2v) is 12.2. The van der Waals surface area contributed by atoms with Gasteiger partial charge in [0.25, 0.3) is 0 Å². The maximum atomic E-state index is 14.5. The van der Waals surface area contributed by atoms with Gasteiger partial charge in [0, 0.05) is 22.1 Å². The third kappa shape index (κ3) is 5.48. The number of ether oxygens (including phenoxy) is 1. The molecule has 1 heterocycles. The summed E-state index contributed by atoms with van der Waals surface area (Å²) in [6, 6.07) is 53.5. The summed E-state index contributed by atoms with van der Waals surface area (Å²) < 4.78 is 7.86. The van der Waals surface area contributed by atoms with E-state index in [2.05, 4.69) is 94.7 Å². The van der Waals surface area contributed by atoms with Crippen molar-refractivity contribution in [3.05, 3.63) is 158 Å². The number of rotatable bonds is 6. The molecule has 0 aliphatic heterocycles. The minimum absolute atomic E-state index is 0.468. The Balaban J connectivity index is 1.54. The number of fused-ring (bicyclic) bond motifs is 2. The highest BCUT2D eigenvalue weighted by Gasteiger charge is 2.30. The fraction of sp³-hybridized carbons (Fsp3) is 0.0976. The van der Waals surface area contributed by atoms with Gasteiger partial charge in [-0.1, -0.05) is 109 Å². The number of hydrogen-bond donors (Lipinski definition) is 0. The maximum Gasteiger partial charge on any atom is 0.421 e. The van der Waals surface area contributed by atoms with E-state index < -0.39 is 11.7 Å². The maximum absolute atomic E-state index is 14.5. The van der Waals surface area contributed by atoms with Crippen LogP contribution in [0.5, 0.6) is 0 Å². The lowest BCUT2D eigenvalue weighted by atomic mass is 10.1. The van der Waals surface area contributed by atoms with Crippen molar-refractivity contribution in [2.45, 2.75) is 26.4 Å². The zero-order valence-electron chi connectivity index (χ0n) is 26.2. The summed E-state index contributed by atoms with van der Waals surface area (Å²) in [5.41, 5.74) is 3.03. The first kappa shape index (κ1) is 28.9. The van der Waals surface area contributed by atoms with Gasteiger partial charge in [-0.2, -0.15) is 0 Å². The van der Waals surface area contributed by atoms with Gasteiger partial charge >= 0.3 is 6.09 Å². The molecule has 0 radical (unpaired) electrons. The molecule has 0 saturated heterocycles. The van der Waals surface area contributed by atoms with Crippen LogP contribution in [0.4, 0.5) is 39.2 Å². The summed E-state index contributed by atoms with van der Waals surface area (Å²) in [6.45, 7) is 5.69. The van der Waals surface area contributed by atoms with Gasteiger partial charge in [-0.25, -0.2) is 9.36 Å².